The summed E-state index contributed by atoms with van der Waals surface area (Å²) in [6, 6.07) is 6.80. The van der Waals surface area contributed by atoms with E-state index in [1.54, 1.807) is 0 Å². The molecule has 0 amide bonds. The molecule has 1 atom stereocenters. The Morgan fingerprint density at radius 1 is 1.24 bits per heavy atom. The first-order chi connectivity index (χ1) is 8.22. The van der Waals surface area contributed by atoms with Crippen LogP contribution in [0.4, 0.5) is 0 Å². The van der Waals surface area contributed by atoms with Crippen molar-refractivity contribution in [3.63, 3.8) is 0 Å². The normalized spacial score (nSPS) is 11.2. The van der Waals surface area contributed by atoms with Crippen LogP contribution in [0.2, 0.25) is 0 Å². The van der Waals surface area contributed by atoms with Crippen LogP contribution in [0, 0.1) is 0 Å². The highest BCUT2D eigenvalue weighted by atomic mass is 14.1. The van der Waals surface area contributed by atoms with Crippen molar-refractivity contribution in [3.05, 3.63) is 54.6 Å². The number of hydrogen-bond acceptors (Lipinski definition) is 0. The summed E-state index contributed by atoms with van der Waals surface area (Å²) in [7, 11) is 0. The van der Waals surface area contributed by atoms with E-state index in [4.69, 9.17) is 0 Å². The largest absolute Gasteiger partial charge is 0.106 e. The number of benzene rings is 1. The molecule has 0 aromatic heterocycles. The third-order valence-corrected chi connectivity index (χ3v) is 3.09. The lowest BCUT2D eigenvalue weighted by molar-refractivity contribution is 0.731. The van der Waals surface area contributed by atoms with E-state index in [9.17, 15) is 0 Å². The van der Waals surface area contributed by atoms with Crippen LogP contribution in [-0.2, 0) is 6.42 Å². The second-order valence-corrected chi connectivity index (χ2v) is 4.22. The first kappa shape index (κ1) is 15.7. The predicted molar refractivity (Wildman–Crippen MR) is 80.5 cm³/mol. The van der Waals surface area contributed by atoms with Gasteiger partial charge >= 0.3 is 0 Å². The average molecular weight is 230 g/mol. The maximum Gasteiger partial charge on any atom is -0.0193 e. The highest BCUT2D eigenvalue weighted by molar-refractivity contribution is 5.53. The van der Waals surface area contributed by atoms with Crippen molar-refractivity contribution in [1.29, 1.82) is 0 Å². The lowest BCUT2D eigenvalue weighted by Crippen LogP contribution is -1.95. The maximum atomic E-state index is 3.87. The molecule has 1 aromatic rings. The SMILES string of the molecule is C=C.C=Cc1ccc(C(C)CC)cc1CCC. The monoisotopic (exact) mass is 230 g/mol. The molecule has 0 heteroatoms. The Hall–Kier alpha value is -1.30. The summed E-state index contributed by atoms with van der Waals surface area (Å²) in [5, 5.41) is 0. The summed E-state index contributed by atoms with van der Waals surface area (Å²) in [6.45, 7) is 16.6. The van der Waals surface area contributed by atoms with Gasteiger partial charge in [0.2, 0.25) is 0 Å². The van der Waals surface area contributed by atoms with Crippen LogP contribution >= 0.6 is 0 Å². The summed E-state index contributed by atoms with van der Waals surface area (Å²) < 4.78 is 0. The predicted octanol–water partition coefficient (Wildman–Crippen LogP) is 5.60. The molecule has 0 aliphatic rings. The first-order valence-corrected chi connectivity index (χ1v) is 6.48. The molecule has 0 radical (unpaired) electrons. The molecule has 0 N–H and O–H groups in total. The number of aryl methyl sites for hydroxylation is 1. The third kappa shape index (κ3) is 4.60. The van der Waals surface area contributed by atoms with Gasteiger partial charge in [0.1, 0.15) is 0 Å². The molecular weight excluding hydrogens is 204 g/mol. The summed E-state index contributed by atoms with van der Waals surface area (Å²) in [5.41, 5.74) is 4.21. The molecule has 0 saturated heterocycles. The molecule has 1 rings (SSSR count). The van der Waals surface area contributed by atoms with Gasteiger partial charge in [0.05, 0.1) is 0 Å². The summed E-state index contributed by atoms with van der Waals surface area (Å²) in [4.78, 5) is 0. The molecule has 17 heavy (non-hydrogen) atoms. The van der Waals surface area contributed by atoms with Gasteiger partial charge in [-0.05, 0) is 35.4 Å². The quantitative estimate of drug-likeness (QED) is 0.578. The third-order valence-electron chi connectivity index (χ3n) is 3.09. The molecule has 0 spiro atoms. The van der Waals surface area contributed by atoms with Gasteiger partial charge in [-0.15, -0.1) is 13.2 Å². The second kappa shape index (κ2) is 8.81. The van der Waals surface area contributed by atoms with Crippen LogP contribution in [0.1, 0.15) is 56.2 Å². The van der Waals surface area contributed by atoms with E-state index in [-0.39, 0.29) is 0 Å². The smallest absolute Gasteiger partial charge is 0.0193 e. The Bertz CT molecular complexity index is 336. The van der Waals surface area contributed by atoms with E-state index in [1.165, 1.54) is 29.5 Å². The van der Waals surface area contributed by atoms with Gasteiger partial charge in [0.25, 0.3) is 0 Å². The number of rotatable bonds is 5. The van der Waals surface area contributed by atoms with Crippen molar-refractivity contribution in [1.82, 2.24) is 0 Å². The number of hydrogen-bond donors (Lipinski definition) is 0. The van der Waals surface area contributed by atoms with Crippen LogP contribution in [0.15, 0.2) is 37.9 Å². The molecule has 0 aliphatic carbocycles. The van der Waals surface area contributed by atoms with Gasteiger partial charge in [-0.2, -0.15) is 0 Å². The molecule has 0 heterocycles. The standard InChI is InChI=1S/C15H22.C2H4/c1-5-8-15-11-14(12(4)6-2)10-9-13(15)7-3;1-2/h7,9-12H,3,5-6,8H2,1-2,4H3;1-2H2. The van der Waals surface area contributed by atoms with Crippen molar-refractivity contribution >= 4 is 6.08 Å². The fourth-order valence-corrected chi connectivity index (χ4v) is 1.85. The second-order valence-electron chi connectivity index (χ2n) is 4.22. The fourth-order valence-electron chi connectivity index (χ4n) is 1.85. The molecule has 0 saturated carbocycles. The van der Waals surface area contributed by atoms with Gasteiger partial charge in [-0.1, -0.05) is 58.0 Å². The zero-order valence-electron chi connectivity index (χ0n) is 11.6. The highest BCUT2D eigenvalue weighted by Gasteiger charge is 2.05. The van der Waals surface area contributed by atoms with E-state index in [0.29, 0.717) is 5.92 Å². The van der Waals surface area contributed by atoms with Crippen LogP contribution < -0.4 is 0 Å². The molecule has 0 bridgehead atoms. The Morgan fingerprint density at radius 3 is 2.35 bits per heavy atom. The molecule has 0 fully saturated rings. The van der Waals surface area contributed by atoms with Crippen molar-refractivity contribution < 1.29 is 0 Å². The van der Waals surface area contributed by atoms with Crippen molar-refractivity contribution in [2.45, 2.75) is 46.0 Å². The molecule has 1 unspecified atom stereocenters. The Labute approximate surface area is 107 Å². The minimum Gasteiger partial charge on any atom is -0.106 e. The van der Waals surface area contributed by atoms with E-state index in [2.05, 4.69) is 58.7 Å². The zero-order valence-corrected chi connectivity index (χ0v) is 11.6. The summed E-state index contributed by atoms with van der Waals surface area (Å²) in [6.07, 6.45) is 5.53. The van der Waals surface area contributed by atoms with Gasteiger partial charge < -0.3 is 0 Å². The molecule has 1 aromatic carbocycles. The van der Waals surface area contributed by atoms with Crippen LogP contribution in [0.5, 0.6) is 0 Å². The van der Waals surface area contributed by atoms with E-state index in [1.807, 2.05) is 6.08 Å². The molecule has 0 aliphatic heterocycles. The van der Waals surface area contributed by atoms with Gasteiger partial charge in [0.15, 0.2) is 0 Å². The Balaban J connectivity index is 0.00000121. The van der Waals surface area contributed by atoms with Crippen LogP contribution in [-0.4, -0.2) is 0 Å². The van der Waals surface area contributed by atoms with E-state index >= 15 is 0 Å². The Morgan fingerprint density at radius 2 is 1.88 bits per heavy atom. The van der Waals surface area contributed by atoms with Crippen molar-refractivity contribution in [3.8, 4) is 0 Å². The van der Waals surface area contributed by atoms with E-state index < -0.39 is 0 Å². The minimum atomic E-state index is 0.666. The lowest BCUT2D eigenvalue weighted by atomic mass is 9.93. The van der Waals surface area contributed by atoms with Gasteiger partial charge in [-0.3, -0.25) is 0 Å². The lowest BCUT2D eigenvalue weighted by Gasteiger charge is -2.13. The first-order valence-electron chi connectivity index (χ1n) is 6.48. The molecular formula is C17H26. The van der Waals surface area contributed by atoms with E-state index in [0.717, 1.165) is 6.42 Å². The average Bonchev–Trinajstić information content (AvgIpc) is 2.40. The van der Waals surface area contributed by atoms with Crippen molar-refractivity contribution in [2.75, 3.05) is 0 Å². The van der Waals surface area contributed by atoms with Crippen molar-refractivity contribution in [2.24, 2.45) is 0 Å². The van der Waals surface area contributed by atoms with Gasteiger partial charge in [0, 0.05) is 0 Å². The summed E-state index contributed by atoms with van der Waals surface area (Å²) in [5.74, 6) is 0.666. The molecule has 0 nitrogen and oxygen atoms in total. The van der Waals surface area contributed by atoms with Crippen LogP contribution in [0.3, 0.4) is 0 Å². The topological polar surface area (TPSA) is 0 Å². The Kier molecular flexibility index (Phi) is 8.13. The summed E-state index contributed by atoms with van der Waals surface area (Å²) >= 11 is 0. The van der Waals surface area contributed by atoms with Crippen LogP contribution in [0.25, 0.3) is 6.08 Å². The fraction of sp³-hybridized carbons (Fsp3) is 0.412. The molecule has 94 valence electrons. The highest BCUT2D eigenvalue weighted by Crippen LogP contribution is 2.23. The van der Waals surface area contributed by atoms with Gasteiger partial charge in [-0.25, -0.2) is 0 Å². The zero-order chi connectivity index (χ0) is 13.3. The minimum absolute atomic E-state index is 0.666. The maximum absolute atomic E-state index is 3.87.